The van der Waals surface area contributed by atoms with Crippen LogP contribution in [0.1, 0.15) is 20.3 Å². The Bertz CT molecular complexity index is 341. The van der Waals surface area contributed by atoms with Gasteiger partial charge in [0.25, 0.3) is 0 Å². The lowest BCUT2D eigenvalue weighted by molar-refractivity contribution is 0.214. The monoisotopic (exact) mass is 237 g/mol. The van der Waals surface area contributed by atoms with Gasteiger partial charge < -0.3 is 15.7 Å². The number of hydrogen-bond donors (Lipinski definition) is 3. The van der Waals surface area contributed by atoms with Gasteiger partial charge in [-0.15, -0.1) is 0 Å². The van der Waals surface area contributed by atoms with E-state index in [1.54, 1.807) is 24.5 Å². The van der Waals surface area contributed by atoms with E-state index in [0.717, 1.165) is 6.42 Å². The Morgan fingerprint density at radius 3 is 2.59 bits per heavy atom. The molecule has 1 heterocycles. The Morgan fingerprint density at radius 1 is 1.41 bits per heavy atom. The lowest BCUT2D eigenvalue weighted by Gasteiger charge is -2.18. The zero-order chi connectivity index (χ0) is 12.7. The number of anilines is 1. The molecule has 17 heavy (non-hydrogen) atoms. The molecule has 5 nitrogen and oxygen atoms in total. The minimum Gasteiger partial charge on any atom is -0.394 e. The molecule has 1 rings (SSSR count). The second-order valence-electron chi connectivity index (χ2n) is 4.34. The summed E-state index contributed by atoms with van der Waals surface area (Å²) in [6.07, 6.45) is 3.96. The highest BCUT2D eigenvalue weighted by Gasteiger charge is 2.12. The van der Waals surface area contributed by atoms with Gasteiger partial charge in [0.2, 0.25) is 0 Å². The predicted molar refractivity (Wildman–Crippen MR) is 66.7 cm³/mol. The molecule has 5 heteroatoms. The van der Waals surface area contributed by atoms with Crippen LogP contribution in [0.25, 0.3) is 0 Å². The average Bonchev–Trinajstić information content (AvgIpc) is 2.28. The standard InChI is InChI=1S/C12H19N3O2/c1-9(2)7-11(8-16)15-12(17)14-10-3-5-13-6-4-10/h3-6,9,11,16H,7-8H2,1-2H3,(H2,13,14,15,17). The van der Waals surface area contributed by atoms with Gasteiger partial charge >= 0.3 is 6.03 Å². The number of aliphatic hydroxyl groups excluding tert-OH is 1. The van der Waals surface area contributed by atoms with Gasteiger partial charge in [-0.2, -0.15) is 0 Å². The van der Waals surface area contributed by atoms with Crippen molar-refractivity contribution in [1.82, 2.24) is 10.3 Å². The highest BCUT2D eigenvalue weighted by Crippen LogP contribution is 2.06. The van der Waals surface area contributed by atoms with Crippen LogP contribution >= 0.6 is 0 Å². The van der Waals surface area contributed by atoms with Crippen LogP contribution in [0.3, 0.4) is 0 Å². The number of aromatic nitrogens is 1. The summed E-state index contributed by atoms with van der Waals surface area (Å²) in [4.78, 5) is 15.5. The molecule has 1 aromatic rings. The SMILES string of the molecule is CC(C)CC(CO)NC(=O)Nc1ccncc1. The van der Waals surface area contributed by atoms with Crippen LogP contribution in [0.4, 0.5) is 10.5 Å². The number of aliphatic hydroxyl groups is 1. The van der Waals surface area contributed by atoms with E-state index in [-0.39, 0.29) is 18.7 Å². The van der Waals surface area contributed by atoms with Crippen LogP contribution < -0.4 is 10.6 Å². The lowest BCUT2D eigenvalue weighted by Crippen LogP contribution is -2.40. The first kappa shape index (κ1) is 13.4. The Hall–Kier alpha value is -1.62. The topological polar surface area (TPSA) is 74.2 Å². The summed E-state index contributed by atoms with van der Waals surface area (Å²) in [5, 5.41) is 14.5. The second kappa shape index (κ2) is 6.85. The molecule has 0 spiro atoms. The van der Waals surface area contributed by atoms with Gasteiger partial charge in [-0.05, 0) is 24.5 Å². The van der Waals surface area contributed by atoms with E-state index in [2.05, 4.69) is 15.6 Å². The molecular weight excluding hydrogens is 218 g/mol. The van der Waals surface area contributed by atoms with E-state index in [0.29, 0.717) is 11.6 Å². The smallest absolute Gasteiger partial charge is 0.319 e. The number of rotatable bonds is 5. The molecule has 0 saturated heterocycles. The van der Waals surface area contributed by atoms with E-state index in [1.807, 2.05) is 13.8 Å². The summed E-state index contributed by atoms with van der Waals surface area (Å²) >= 11 is 0. The number of pyridine rings is 1. The third kappa shape index (κ3) is 5.31. The summed E-state index contributed by atoms with van der Waals surface area (Å²) in [6, 6.07) is 2.89. The van der Waals surface area contributed by atoms with Crippen molar-refractivity contribution in [3.8, 4) is 0 Å². The molecule has 1 aromatic heterocycles. The number of urea groups is 1. The zero-order valence-corrected chi connectivity index (χ0v) is 10.2. The molecule has 1 unspecified atom stereocenters. The van der Waals surface area contributed by atoms with E-state index in [9.17, 15) is 4.79 Å². The third-order valence-corrected chi connectivity index (χ3v) is 2.25. The van der Waals surface area contributed by atoms with Crippen molar-refractivity contribution in [1.29, 1.82) is 0 Å². The van der Waals surface area contributed by atoms with Crippen LogP contribution in [0.2, 0.25) is 0 Å². The lowest BCUT2D eigenvalue weighted by atomic mass is 10.0. The number of nitrogens with zero attached hydrogens (tertiary/aromatic N) is 1. The van der Waals surface area contributed by atoms with Crippen molar-refractivity contribution < 1.29 is 9.90 Å². The fraction of sp³-hybridized carbons (Fsp3) is 0.500. The van der Waals surface area contributed by atoms with Gasteiger partial charge in [0.15, 0.2) is 0 Å². The molecule has 0 fully saturated rings. The molecule has 2 amide bonds. The molecule has 0 saturated carbocycles. The van der Waals surface area contributed by atoms with Crippen molar-refractivity contribution in [2.75, 3.05) is 11.9 Å². The van der Waals surface area contributed by atoms with Gasteiger partial charge in [-0.1, -0.05) is 13.8 Å². The molecule has 94 valence electrons. The van der Waals surface area contributed by atoms with Crippen molar-refractivity contribution in [3.05, 3.63) is 24.5 Å². The summed E-state index contributed by atoms with van der Waals surface area (Å²) < 4.78 is 0. The average molecular weight is 237 g/mol. The normalized spacial score (nSPS) is 12.2. The van der Waals surface area contributed by atoms with Crippen LogP contribution in [0, 0.1) is 5.92 Å². The van der Waals surface area contributed by atoms with Crippen LogP contribution in [-0.2, 0) is 0 Å². The first-order chi connectivity index (χ1) is 8.11. The molecule has 0 aliphatic heterocycles. The second-order valence-corrected chi connectivity index (χ2v) is 4.34. The Balaban J connectivity index is 2.43. The molecular formula is C12H19N3O2. The Kier molecular flexibility index (Phi) is 5.42. The fourth-order valence-electron chi connectivity index (χ4n) is 1.54. The van der Waals surface area contributed by atoms with E-state index in [1.165, 1.54) is 0 Å². The van der Waals surface area contributed by atoms with Crippen molar-refractivity contribution in [3.63, 3.8) is 0 Å². The number of carbonyl (C=O) groups excluding carboxylic acids is 1. The largest absolute Gasteiger partial charge is 0.394 e. The highest BCUT2D eigenvalue weighted by atomic mass is 16.3. The van der Waals surface area contributed by atoms with Crippen LogP contribution in [-0.4, -0.2) is 28.8 Å². The Morgan fingerprint density at radius 2 is 2.06 bits per heavy atom. The maximum atomic E-state index is 11.6. The summed E-state index contributed by atoms with van der Waals surface area (Å²) in [7, 11) is 0. The molecule has 1 atom stereocenters. The Labute approximate surface area is 101 Å². The molecule has 0 aromatic carbocycles. The maximum Gasteiger partial charge on any atom is 0.319 e. The van der Waals surface area contributed by atoms with Gasteiger partial charge in [0, 0.05) is 18.1 Å². The minimum absolute atomic E-state index is 0.0536. The quantitative estimate of drug-likeness (QED) is 0.728. The highest BCUT2D eigenvalue weighted by molar-refractivity contribution is 5.89. The number of nitrogens with one attached hydrogen (secondary N) is 2. The van der Waals surface area contributed by atoms with E-state index >= 15 is 0 Å². The predicted octanol–water partition coefficient (Wildman–Crippen LogP) is 1.61. The zero-order valence-electron chi connectivity index (χ0n) is 10.2. The maximum absolute atomic E-state index is 11.6. The number of carbonyl (C=O) groups is 1. The van der Waals surface area contributed by atoms with Gasteiger partial charge in [0.05, 0.1) is 12.6 Å². The minimum atomic E-state index is -0.309. The fourth-order valence-corrected chi connectivity index (χ4v) is 1.54. The van der Waals surface area contributed by atoms with Crippen molar-refractivity contribution >= 4 is 11.7 Å². The summed E-state index contributed by atoms with van der Waals surface area (Å²) in [6.45, 7) is 4.04. The van der Waals surface area contributed by atoms with Gasteiger partial charge in [-0.3, -0.25) is 4.98 Å². The molecule has 0 aliphatic carbocycles. The van der Waals surface area contributed by atoms with E-state index in [4.69, 9.17) is 5.11 Å². The van der Waals surface area contributed by atoms with Crippen LogP contribution in [0.15, 0.2) is 24.5 Å². The van der Waals surface area contributed by atoms with Gasteiger partial charge in [-0.25, -0.2) is 4.79 Å². The van der Waals surface area contributed by atoms with Crippen molar-refractivity contribution in [2.45, 2.75) is 26.3 Å². The van der Waals surface area contributed by atoms with Crippen molar-refractivity contribution in [2.24, 2.45) is 5.92 Å². The summed E-state index contributed by atoms with van der Waals surface area (Å²) in [5.41, 5.74) is 0.679. The first-order valence-electron chi connectivity index (χ1n) is 5.70. The first-order valence-corrected chi connectivity index (χ1v) is 5.70. The molecule has 0 radical (unpaired) electrons. The van der Waals surface area contributed by atoms with Gasteiger partial charge in [0.1, 0.15) is 0 Å². The summed E-state index contributed by atoms with van der Waals surface area (Å²) in [5.74, 6) is 0.424. The van der Waals surface area contributed by atoms with E-state index < -0.39 is 0 Å². The number of amides is 2. The number of hydrogen-bond acceptors (Lipinski definition) is 3. The van der Waals surface area contributed by atoms with Crippen LogP contribution in [0.5, 0.6) is 0 Å². The third-order valence-electron chi connectivity index (χ3n) is 2.25. The molecule has 0 bridgehead atoms. The molecule has 3 N–H and O–H groups in total. The molecule has 0 aliphatic rings.